The number of aliphatic carboxylic acids is 2. The second-order valence-electron chi connectivity index (χ2n) is 1.70. The summed E-state index contributed by atoms with van der Waals surface area (Å²) in [6.07, 6.45) is 0. The van der Waals surface area contributed by atoms with Gasteiger partial charge < -0.3 is 19.8 Å². The van der Waals surface area contributed by atoms with E-state index in [0.29, 0.717) is 11.6 Å². The molecule has 0 spiro atoms. The third-order valence-corrected chi connectivity index (χ3v) is 0.865. The summed E-state index contributed by atoms with van der Waals surface area (Å²) in [4.78, 5) is 17.9. The van der Waals surface area contributed by atoms with Crippen molar-refractivity contribution in [2.75, 3.05) is 0 Å². The first kappa shape index (κ1) is 33.1. The summed E-state index contributed by atoms with van der Waals surface area (Å²) in [5, 5.41) is 32.1. The van der Waals surface area contributed by atoms with E-state index in [0.717, 1.165) is 0 Å². The van der Waals surface area contributed by atoms with Gasteiger partial charge in [0.05, 0.1) is 11.9 Å². The van der Waals surface area contributed by atoms with Crippen LogP contribution < -0.4 is 113 Å². The van der Waals surface area contributed by atoms with Gasteiger partial charge in [-0.15, -0.1) is 16.8 Å². The average molecular weight is 388 g/mol. The van der Waals surface area contributed by atoms with Gasteiger partial charge in [0.15, 0.2) is 11.6 Å². The molecule has 8 nitrogen and oxygen atoms in total. The van der Waals surface area contributed by atoms with Crippen LogP contribution in [0, 0.1) is 22.1 Å². The molecule has 0 aromatic rings. The van der Waals surface area contributed by atoms with Crippen molar-refractivity contribution < 1.29 is 148 Å². The van der Waals surface area contributed by atoms with Gasteiger partial charge in [-0.05, 0) is 0 Å². The molecule has 0 saturated heterocycles. The normalized spacial score (nSPS) is 8.30. The molecule has 0 radical (unpaired) electrons. The van der Waals surface area contributed by atoms with Crippen LogP contribution in [0.3, 0.4) is 0 Å². The molecular formula is C4F4K2N2O6P2. The first-order chi connectivity index (χ1) is 7.76. The number of carbonyl (C=O) groups excluding carboxylic acids is 2. The first-order valence-electron chi connectivity index (χ1n) is 3.00. The van der Waals surface area contributed by atoms with Gasteiger partial charge in [-0.25, -0.2) is 9.13 Å². The predicted molar refractivity (Wildman–Crippen MR) is 40.9 cm³/mol. The quantitative estimate of drug-likeness (QED) is 0.171. The van der Waals surface area contributed by atoms with Crippen LogP contribution in [0.2, 0.25) is 0 Å². The molecule has 0 atom stereocenters. The Labute approximate surface area is 194 Å². The van der Waals surface area contributed by atoms with Crippen molar-refractivity contribution in [1.29, 1.82) is 10.5 Å². The average Bonchev–Trinajstić information content (AvgIpc) is 2.17. The second-order valence-corrected chi connectivity index (χ2v) is 3.95. The molecule has 0 amide bonds. The third kappa shape index (κ3) is 50.6. The van der Waals surface area contributed by atoms with E-state index < -0.39 is 27.5 Å². The molecule has 0 rings (SSSR count). The predicted octanol–water partition coefficient (Wildman–Crippen LogP) is -6.31. The fourth-order valence-electron chi connectivity index (χ4n) is 0. The standard InChI is InChI=1S/C2H2O4.2CF2NOP.2K/c3-1(4)2(5)6;2*2-6(3,5)1-4;;/h(H,3,4)(H,5,6);;;;/q;;;2*+1/p-2. The number of nitrogens with zero attached hydrogens (tertiary/aromatic N) is 2. The largest absolute Gasteiger partial charge is 1.00 e. The fourth-order valence-corrected chi connectivity index (χ4v) is 0. The molecule has 0 aromatic heterocycles. The Balaban J connectivity index is -0.0000000536. The number of carbonyl (C=O) groups is 2. The monoisotopic (exact) mass is 388 g/mol. The Morgan fingerprint density at radius 2 is 0.900 bits per heavy atom. The van der Waals surface area contributed by atoms with Crippen LogP contribution in [0.1, 0.15) is 0 Å². The molecular weight excluding hydrogens is 388 g/mol. The molecule has 0 saturated carbocycles. The van der Waals surface area contributed by atoms with Crippen molar-refractivity contribution in [3.8, 4) is 11.6 Å². The summed E-state index contributed by atoms with van der Waals surface area (Å²) < 4.78 is 60.4. The van der Waals surface area contributed by atoms with E-state index in [9.17, 15) is 16.8 Å². The molecule has 0 heterocycles. The van der Waals surface area contributed by atoms with E-state index in [2.05, 4.69) is 0 Å². The van der Waals surface area contributed by atoms with E-state index in [4.69, 9.17) is 39.5 Å². The van der Waals surface area contributed by atoms with Crippen LogP contribution in [0.25, 0.3) is 0 Å². The van der Waals surface area contributed by atoms with Gasteiger partial charge in [-0.2, -0.15) is 10.5 Å². The number of hydrogen-bond donors (Lipinski definition) is 0. The summed E-state index contributed by atoms with van der Waals surface area (Å²) in [6, 6.07) is 0. The Kier molecular flexibility index (Phi) is 27.7. The van der Waals surface area contributed by atoms with Crippen LogP contribution in [0.15, 0.2) is 0 Å². The summed E-state index contributed by atoms with van der Waals surface area (Å²) in [5.41, 5.74) is 0. The van der Waals surface area contributed by atoms with Gasteiger partial charge in [0.25, 0.3) is 0 Å². The maximum Gasteiger partial charge on any atom is 1.00 e. The molecule has 0 aliphatic rings. The topological polar surface area (TPSA) is 162 Å². The van der Waals surface area contributed by atoms with E-state index in [1.165, 1.54) is 0 Å². The maximum atomic E-state index is 10.6. The minimum Gasteiger partial charge on any atom is -0.543 e. The van der Waals surface area contributed by atoms with Gasteiger partial charge >= 0.3 is 118 Å². The molecule has 20 heavy (non-hydrogen) atoms. The molecule has 0 unspecified atom stereocenters. The van der Waals surface area contributed by atoms with Crippen molar-refractivity contribution >= 4 is 27.5 Å². The van der Waals surface area contributed by atoms with Crippen molar-refractivity contribution in [1.82, 2.24) is 0 Å². The first-order valence-corrected chi connectivity index (χ1v) is 5.98. The van der Waals surface area contributed by atoms with Gasteiger partial charge in [-0.1, -0.05) is 0 Å². The summed E-state index contributed by atoms with van der Waals surface area (Å²) >= 11 is 0. The zero-order chi connectivity index (χ0) is 15.6. The van der Waals surface area contributed by atoms with Crippen LogP contribution in [0.5, 0.6) is 0 Å². The summed E-state index contributed by atoms with van der Waals surface area (Å²) in [6.45, 7) is 0. The van der Waals surface area contributed by atoms with E-state index in [1.54, 1.807) is 0 Å². The smallest absolute Gasteiger partial charge is 0.543 e. The van der Waals surface area contributed by atoms with Crippen LogP contribution in [-0.2, 0) is 18.7 Å². The van der Waals surface area contributed by atoms with Crippen molar-refractivity contribution in [2.24, 2.45) is 0 Å². The Morgan fingerprint density at radius 3 is 0.900 bits per heavy atom. The Hall–Kier alpha value is 1.37. The number of carboxylic acids is 2. The van der Waals surface area contributed by atoms with Crippen molar-refractivity contribution in [3.05, 3.63) is 0 Å². The molecule has 0 bridgehead atoms. The number of nitriles is 2. The minimum atomic E-state index is -5.34. The molecule has 0 aliphatic heterocycles. The number of carboxylic acid groups (broad SMARTS) is 2. The van der Waals surface area contributed by atoms with E-state index in [1.807, 2.05) is 0 Å². The SMILES string of the molecule is N#CP(=O)(F)F.N#CP(=O)(F)F.O=C([O-])C(=O)[O-].[K+].[K+]. The van der Waals surface area contributed by atoms with Crippen molar-refractivity contribution in [2.45, 2.75) is 0 Å². The minimum absolute atomic E-state index is 0. The molecule has 0 aliphatic carbocycles. The summed E-state index contributed by atoms with van der Waals surface area (Å²) in [5.74, 6) is -3.72. The molecule has 0 fully saturated rings. The third-order valence-electron chi connectivity index (χ3n) is 0.400. The zero-order valence-electron chi connectivity index (χ0n) is 9.75. The van der Waals surface area contributed by atoms with Gasteiger partial charge in [-0.3, -0.25) is 0 Å². The molecule has 0 aromatic carbocycles. The van der Waals surface area contributed by atoms with E-state index in [-0.39, 0.29) is 103 Å². The number of hydrogen-bond acceptors (Lipinski definition) is 8. The number of rotatable bonds is 0. The van der Waals surface area contributed by atoms with Crippen LogP contribution >= 0.6 is 15.5 Å². The zero-order valence-corrected chi connectivity index (χ0v) is 17.8. The van der Waals surface area contributed by atoms with E-state index >= 15 is 0 Å². The summed E-state index contributed by atoms with van der Waals surface area (Å²) in [7, 11) is -10.7. The molecule has 16 heteroatoms. The van der Waals surface area contributed by atoms with Crippen LogP contribution in [0.4, 0.5) is 16.8 Å². The number of halogens is 4. The Morgan fingerprint density at radius 1 is 0.800 bits per heavy atom. The van der Waals surface area contributed by atoms with Gasteiger partial charge in [0.2, 0.25) is 0 Å². The molecule has 102 valence electrons. The van der Waals surface area contributed by atoms with Crippen molar-refractivity contribution in [3.63, 3.8) is 0 Å². The second kappa shape index (κ2) is 16.7. The van der Waals surface area contributed by atoms with Gasteiger partial charge in [0.1, 0.15) is 0 Å². The fraction of sp³-hybridized carbons (Fsp3) is 0. The molecule has 0 N–H and O–H groups in total. The van der Waals surface area contributed by atoms with Crippen LogP contribution in [-0.4, -0.2) is 11.9 Å². The van der Waals surface area contributed by atoms with Gasteiger partial charge in [0, 0.05) is 0 Å². The Bertz CT molecular complexity index is 434. The maximum absolute atomic E-state index is 10.6.